The summed E-state index contributed by atoms with van der Waals surface area (Å²) in [6, 6.07) is 18.2. The lowest BCUT2D eigenvalue weighted by molar-refractivity contribution is -0.132. The molecule has 2 fully saturated rings. The first-order valence-electron chi connectivity index (χ1n) is 14.6. The van der Waals surface area contributed by atoms with E-state index in [-0.39, 0.29) is 48.2 Å². The number of hydrogen-bond acceptors (Lipinski definition) is 9. The number of ether oxygens (including phenoxy) is 1. The summed E-state index contributed by atoms with van der Waals surface area (Å²) in [4.78, 5) is 39.5. The Hall–Kier alpha value is -4.99. The zero-order chi connectivity index (χ0) is 31.0. The third-order valence-electron chi connectivity index (χ3n) is 8.40. The Labute approximate surface area is 254 Å². The van der Waals surface area contributed by atoms with Crippen LogP contribution in [0, 0.1) is 11.3 Å². The number of hydrogen-bond donors (Lipinski definition) is 2. The third kappa shape index (κ3) is 5.43. The second-order valence-electron chi connectivity index (χ2n) is 11.7. The van der Waals surface area contributed by atoms with Crippen molar-refractivity contribution in [3.8, 4) is 23.3 Å². The minimum Gasteiger partial charge on any atom is -0.457 e. The van der Waals surface area contributed by atoms with Gasteiger partial charge in [0.2, 0.25) is 0 Å². The van der Waals surface area contributed by atoms with Crippen molar-refractivity contribution in [1.82, 2.24) is 28.9 Å². The lowest BCUT2D eigenvalue weighted by Crippen LogP contribution is -2.53. The number of nitrogens with zero attached hydrogens (tertiary/aromatic N) is 7. The summed E-state index contributed by atoms with van der Waals surface area (Å²) in [5.74, 6) is 1.08. The van der Waals surface area contributed by atoms with Crippen LogP contribution in [0.5, 0.6) is 11.5 Å². The lowest BCUT2D eigenvalue weighted by atomic mass is 9.94. The summed E-state index contributed by atoms with van der Waals surface area (Å²) in [5, 5.41) is 19.7. The molecule has 1 amide bonds. The minimum absolute atomic E-state index is 0.0544. The molecule has 0 radical (unpaired) electrons. The third-order valence-corrected chi connectivity index (χ3v) is 8.40. The zero-order valence-corrected chi connectivity index (χ0v) is 24.6. The molecule has 2 saturated heterocycles. The van der Waals surface area contributed by atoms with Crippen LogP contribution < -0.4 is 16.2 Å². The smallest absolute Gasteiger partial charge is 0.335 e. The molecule has 12 nitrogen and oxygen atoms in total. The molecular formula is C32H34N8O4. The predicted molar refractivity (Wildman–Crippen MR) is 164 cm³/mol. The van der Waals surface area contributed by atoms with Gasteiger partial charge in [-0.3, -0.25) is 18.8 Å². The maximum Gasteiger partial charge on any atom is 0.335 e. The van der Waals surface area contributed by atoms with E-state index >= 15 is 0 Å². The molecule has 44 heavy (non-hydrogen) atoms. The largest absolute Gasteiger partial charge is 0.457 e. The van der Waals surface area contributed by atoms with Gasteiger partial charge in [0.05, 0.1) is 17.8 Å². The highest BCUT2D eigenvalue weighted by molar-refractivity contribution is 5.98. The SMILES string of the molecule is CC(C)(/C=C(/C#N)C(=O)N1CC(n2c(=O)n(-c3ccc(Oc4ccccc4)cc3)c3c(N)ncnc32)C1)N1CCC(O)CC1. The molecule has 2 aliphatic heterocycles. The first-order chi connectivity index (χ1) is 21.2. The van der Waals surface area contributed by atoms with Crippen LogP contribution in [0.4, 0.5) is 5.82 Å². The maximum absolute atomic E-state index is 13.9. The quantitative estimate of drug-likeness (QED) is 0.243. The van der Waals surface area contributed by atoms with Crippen LogP contribution in [0.3, 0.4) is 0 Å². The second-order valence-corrected chi connectivity index (χ2v) is 11.7. The molecule has 6 rings (SSSR count). The summed E-state index contributed by atoms with van der Waals surface area (Å²) in [6.45, 7) is 5.77. The highest BCUT2D eigenvalue weighted by Crippen LogP contribution is 2.30. The number of nitriles is 1. The van der Waals surface area contributed by atoms with E-state index < -0.39 is 5.54 Å². The van der Waals surface area contributed by atoms with Crippen molar-refractivity contribution in [2.24, 2.45) is 0 Å². The Morgan fingerprint density at radius 2 is 1.73 bits per heavy atom. The lowest BCUT2D eigenvalue weighted by Gasteiger charge is -2.41. The van der Waals surface area contributed by atoms with E-state index in [1.165, 1.54) is 10.9 Å². The molecule has 226 valence electrons. The molecule has 2 aromatic heterocycles. The number of carbonyl (C=O) groups excluding carboxylic acids is 1. The first-order valence-corrected chi connectivity index (χ1v) is 14.6. The highest BCUT2D eigenvalue weighted by Gasteiger charge is 2.38. The molecule has 0 bridgehead atoms. The van der Waals surface area contributed by atoms with Crippen LogP contribution in [0.1, 0.15) is 32.7 Å². The number of anilines is 1. The molecule has 0 aliphatic carbocycles. The molecule has 0 unspecified atom stereocenters. The molecule has 12 heteroatoms. The Morgan fingerprint density at radius 3 is 2.39 bits per heavy atom. The molecule has 0 saturated carbocycles. The van der Waals surface area contributed by atoms with Crippen molar-refractivity contribution in [3.63, 3.8) is 0 Å². The summed E-state index contributed by atoms with van der Waals surface area (Å²) in [5.41, 5.74) is 6.73. The number of imidazole rings is 1. The summed E-state index contributed by atoms with van der Waals surface area (Å²) < 4.78 is 8.91. The number of likely N-dealkylation sites (tertiary alicyclic amines) is 2. The number of para-hydroxylation sites is 1. The number of aliphatic hydroxyl groups is 1. The van der Waals surface area contributed by atoms with E-state index in [0.717, 1.165) is 0 Å². The Kier molecular flexibility index (Phi) is 7.67. The van der Waals surface area contributed by atoms with Crippen molar-refractivity contribution in [1.29, 1.82) is 5.26 Å². The van der Waals surface area contributed by atoms with Gasteiger partial charge >= 0.3 is 5.69 Å². The van der Waals surface area contributed by atoms with E-state index in [2.05, 4.69) is 20.9 Å². The fourth-order valence-corrected chi connectivity index (χ4v) is 5.91. The number of rotatable bonds is 7. The fourth-order valence-electron chi connectivity index (χ4n) is 5.91. The van der Waals surface area contributed by atoms with E-state index in [9.17, 15) is 20.0 Å². The molecule has 0 spiro atoms. The highest BCUT2D eigenvalue weighted by atomic mass is 16.5. The van der Waals surface area contributed by atoms with E-state index in [1.54, 1.807) is 39.8 Å². The van der Waals surface area contributed by atoms with E-state index in [4.69, 9.17) is 10.5 Å². The van der Waals surface area contributed by atoms with Gasteiger partial charge in [0, 0.05) is 31.7 Å². The van der Waals surface area contributed by atoms with Crippen molar-refractivity contribution in [2.75, 3.05) is 31.9 Å². The van der Waals surface area contributed by atoms with E-state index in [0.29, 0.717) is 54.3 Å². The number of benzene rings is 2. The predicted octanol–water partition coefficient (Wildman–Crippen LogP) is 3.03. The van der Waals surface area contributed by atoms with Gasteiger partial charge in [0.25, 0.3) is 5.91 Å². The van der Waals surface area contributed by atoms with E-state index in [1.807, 2.05) is 44.2 Å². The van der Waals surface area contributed by atoms with Crippen LogP contribution >= 0.6 is 0 Å². The molecule has 2 aliphatic rings. The number of aliphatic hydroxyl groups excluding tert-OH is 1. The van der Waals surface area contributed by atoms with Gasteiger partial charge in [0.1, 0.15) is 35.0 Å². The van der Waals surface area contributed by atoms with Crippen LogP contribution in [-0.4, -0.2) is 77.7 Å². The van der Waals surface area contributed by atoms with Crippen molar-refractivity contribution < 1.29 is 14.6 Å². The van der Waals surface area contributed by atoms with Gasteiger partial charge < -0.3 is 20.5 Å². The summed E-state index contributed by atoms with van der Waals surface area (Å²) >= 11 is 0. The van der Waals surface area contributed by atoms with Gasteiger partial charge in [-0.25, -0.2) is 14.8 Å². The second kappa shape index (κ2) is 11.6. The standard InChI is InChI=1S/C32H34N8O4/c1-32(2,38-14-12-24(41)13-15-38)16-21(17-33)30(42)37-18-23(19-37)40-29-27(28(34)35-20-36-29)39(31(40)43)22-8-10-26(11-9-22)44-25-6-4-3-5-7-25/h3-11,16,20,23-24,41H,12-15,18-19H2,1-2H3,(H2,34,35,36)/b21-16-. The van der Waals surface area contributed by atoms with Gasteiger partial charge in [-0.15, -0.1) is 0 Å². The number of carbonyl (C=O) groups is 1. The summed E-state index contributed by atoms with van der Waals surface area (Å²) in [7, 11) is 0. The van der Waals surface area contributed by atoms with Gasteiger partial charge in [0.15, 0.2) is 11.5 Å². The first kappa shape index (κ1) is 29.1. The van der Waals surface area contributed by atoms with Crippen LogP contribution in [0.15, 0.2) is 77.4 Å². The normalized spacial score (nSPS) is 17.0. The number of nitrogen functional groups attached to an aromatic ring is 1. The van der Waals surface area contributed by atoms with Crippen LogP contribution in [0.2, 0.25) is 0 Å². The maximum atomic E-state index is 13.9. The van der Waals surface area contributed by atoms with Crippen molar-refractivity contribution >= 4 is 22.9 Å². The fraction of sp³-hybridized carbons (Fsp3) is 0.344. The molecular weight excluding hydrogens is 560 g/mol. The molecule has 4 aromatic rings. The van der Waals surface area contributed by atoms with Crippen LogP contribution in [-0.2, 0) is 4.79 Å². The number of amides is 1. The molecule has 2 aromatic carbocycles. The average Bonchev–Trinajstić information content (AvgIpc) is 3.29. The van der Waals surface area contributed by atoms with Gasteiger partial charge in [-0.2, -0.15) is 5.26 Å². The van der Waals surface area contributed by atoms with Gasteiger partial charge in [-0.05, 0) is 69.2 Å². The number of fused-ring (bicyclic) bond motifs is 1. The number of piperidine rings is 1. The van der Waals surface area contributed by atoms with Crippen LogP contribution in [0.25, 0.3) is 16.9 Å². The number of aromatic nitrogens is 4. The topological polar surface area (TPSA) is 156 Å². The van der Waals surface area contributed by atoms with Crippen molar-refractivity contribution in [3.05, 3.63) is 83.1 Å². The Morgan fingerprint density at radius 1 is 1.07 bits per heavy atom. The Bertz CT molecular complexity index is 1810. The molecule has 4 heterocycles. The van der Waals surface area contributed by atoms with Crippen molar-refractivity contribution in [2.45, 2.75) is 44.4 Å². The Balaban J connectivity index is 1.23. The van der Waals surface area contributed by atoms with Gasteiger partial charge in [-0.1, -0.05) is 18.2 Å². The number of nitrogens with two attached hydrogens (primary N) is 1. The molecule has 3 N–H and O–H groups in total. The zero-order valence-electron chi connectivity index (χ0n) is 24.6. The average molecular weight is 595 g/mol. The molecule has 0 atom stereocenters. The summed E-state index contributed by atoms with van der Waals surface area (Å²) in [6.07, 6.45) is 4.02. The monoisotopic (exact) mass is 594 g/mol. The minimum atomic E-state index is -0.536.